The maximum absolute atomic E-state index is 3.32. The second kappa shape index (κ2) is 5.76. The summed E-state index contributed by atoms with van der Waals surface area (Å²) in [5.41, 5.74) is 2.76. The smallest absolute Gasteiger partial charge is 0.0232 e. The van der Waals surface area contributed by atoms with Gasteiger partial charge >= 0.3 is 0 Å². The van der Waals surface area contributed by atoms with E-state index in [-0.39, 0.29) is 0 Å². The van der Waals surface area contributed by atoms with Gasteiger partial charge < -0.3 is 0 Å². The van der Waals surface area contributed by atoms with Gasteiger partial charge in [-0.3, -0.25) is 0 Å². The Morgan fingerprint density at radius 2 is 1.88 bits per heavy atom. The molecule has 0 nitrogen and oxygen atoms in total. The van der Waals surface area contributed by atoms with Gasteiger partial charge in [0.05, 0.1) is 0 Å². The maximum atomic E-state index is 3.32. The largest absolute Gasteiger partial charge is 0.120 e. The van der Waals surface area contributed by atoms with Crippen molar-refractivity contribution in [3.05, 3.63) is 65.7 Å². The molecule has 1 heteroatoms. The van der Waals surface area contributed by atoms with Crippen molar-refractivity contribution >= 4 is 11.8 Å². The molecule has 2 aromatic carbocycles. The van der Waals surface area contributed by atoms with Crippen LogP contribution in [0.2, 0.25) is 0 Å². The van der Waals surface area contributed by atoms with Crippen molar-refractivity contribution < 1.29 is 0 Å². The van der Waals surface area contributed by atoms with E-state index in [0.29, 0.717) is 0 Å². The number of rotatable bonds is 4. The van der Waals surface area contributed by atoms with Crippen molar-refractivity contribution in [3.63, 3.8) is 0 Å². The van der Waals surface area contributed by atoms with Crippen molar-refractivity contribution in [1.82, 2.24) is 0 Å². The summed E-state index contributed by atoms with van der Waals surface area (Å²) in [6.45, 7) is 2.19. The van der Waals surface area contributed by atoms with Crippen LogP contribution in [-0.4, -0.2) is 0 Å². The van der Waals surface area contributed by atoms with E-state index in [2.05, 4.69) is 55.5 Å². The fourth-order valence-corrected chi connectivity index (χ4v) is 2.65. The highest BCUT2D eigenvalue weighted by Crippen LogP contribution is 2.25. The van der Waals surface area contributed by atoms with Gasteiger partial charge in [0.2, 0.25) is 0 Å². The van der Waals surface area contributed by atoms with Gasteiger partial charge in [-0.25, -0.2) is 0 Å². The highest BCUT2D eigenvalue weighted by molar-refractivity contribution is 7.98. The van der Waals surface area contributed by atoms with Crippen LogP contribution in [0.25, 0.3) is 0 Å². The summed E-state index contributed by atoms with van der Waals surface area (Å²) >= 11 is 1.87. The molecule has 2 aromatic rings. The molecule has 0 saturated carbocycles. The van der Waals surface area contributed by atoms with E-state index >= 15 is 0 Å². The maximum Gasteiger partial charge on any atom is 0.0232 e. The van der Waals surface area contributed by atoms with Crippen LogP contribution in [0.4, 0.5) is 0 Å². The first-order valence-corrected chi connectivity index (χ1v) is 6.55. The highest BCUT2D eigenvalue weighted by atomic mass is 32.2. The molecule has 0 N–H and O–H groups in total. The lowest BCUT2D eigenvalue weighted by Crippen LogP contribution is -1.86. The highest BCUT2D eigenvalue weighted by Gasteiger charge is 2.00. The van der Waals surface area contributed by atoms with Crippen molar-refractivity contribution in [1.29, 1.82) is 0 Å². The Labute approximate surface area is 102 Å². The van der Waals surface area contributed by atoms with Crippen molar-refractivity contribution in [2.45, 2.75) is 24.0 Å². The van der Waals surface area contributed by atoms with Gasteiger partial charge in [-0.05, 0) is 23.6 Å². The average Bonchev–Trinajstić information content (AvgIpc) is 2.38. The molecule has 0 unspecified atom stereocenters. The lowest BCUT2D eigenvalue weighted by Gasteiger charge is -2.06. The van der Waals surface area contributed by atoms with Crippen LogP contribution in [-0.2, 0) is 12.2 Å². The molecule has 0 aliphatic heterocycles. The molecule has 1 radical (unpaired) electrons. The second-order valence-corrected chi connectivity index (χ2v) is 4.64. The third-order valence-corrected chi connectivity index (χ3v) is 3.65. The lowest BCUT2D eigenvalue weighted by molar-refractivity contribution is 1.08. The van der Waals surface area contributed by atoms with Crippen LogP contribution in [0.3, 0.4) is 0 Å². The van der Waals surface area contributed by atoms with Gasteiger partial charge in [-0.15, -0.1) is 11.8 Å². The van der Waals surface area contributed by atoms with E-state index in [4.69, 9.17) is 0 Å². The molecule has 16 heavy (non-hydrogen) atoms. The minimum absolute atomic E-state index is 1.02. The lowest BCUT2D eigenvalue weighted by atomic mass is 10.2. The van der Waals surface area contributed by atoms with E-state index in [1.165, 1.54) is 16.0 Å². The summed E-state index contributed by atoms with van der Waals surface area (Å²) < 4.78 is 0. The van der Waals surface area contributed by atoms with E-state index in [1.807, 2.05) is 17.8 Å². The van der Waals surface area contributed by atoms with Crippen LogP contribution < -0.4 is 0 Å². The van der Waals surface area contributed by atoms with E-state index < -0.39 is 0 Å². The molecule has 0 bridgehead atoms. The Balaban J connectivity index is 2.05. The first-order chi connectivity index (χ1) is 7.90. The minimum Gasteiger partial charge on any atom is -0.120 e. The second-order valence-electron chi connectivity index (χ2n) is 3.65. The van der Waals surface area contributed by atoms with Gasteiger partial charge in [0.25, 0.3) is 0 Å². The number of hydrogen-bond acceptors (Lipinski definition) is 1. The quantitative estimate of drug-likeness (QED) is 0.700. The monoisotopic (exact) mass is 227 g/mol. The van der Waals surface area contributed by atoms with Crippen LogP contribution >= 0.6 is 11.8 Å². The molecule has 0 amide bonds. The van der Waals surface area contributed by atoms with Crippen LogP contribution in [0.15, 0.2) is 53.4 Å². The van der Waals surface area contributed by atoms with Crippen LogP contribution in [0.1, 0.15) is 18.1 Å². The predicted octanol–water partition coefficient (Wildman–Crippen LogP) is 4.34. The molecular formula is C15H15S. The van der Waals surface area contributed by atoms with Crippen molar-refractivity contribution in [2.24, 2.45) is 0 Å². The van der Waals surface area contributed by atoms with Crippen LogP contribution in [0.5, 0.6) is 0 Å². The summed E-state index contributed by atoms with van der Waals surface area (Å²) in [6, 6.07) is 20.1. The zero-order valence-corrected chi connectivity index (χ0v) is 10.3. The Morgan fingerprint density at radius 1 is 1.06 bits per heavy atom. The molecule has 0 aliphatic rings. The van der Waals surface area contributed by atoms with Gasteiger partial charge in [0.1, 0.15) is 0 Å². The molecule has 0 spiro atoms. The van der Waals surface area contributed by atoms with E-state index in [1.54, 1.807) is 0 Å². The molecule has 0 heterocycles. The topological polar surface area (TPSA) is 0 Å². The zero-order valence-electron chi connectivity index (χ0n) is 9.44. The fourth-order valence-electron chi connectivity index (χ4n) is 1.60. The molecule has 0 fully saturated rings. The van der Waals surface area contributed by atoms with E-state index in [9.17, 15) is 0 Å². The molecule has 0 saturated heterocycles. The summed E-state index contributed by atoms with van der Waals surface area (Å²) in [5.74, 6) is 1.02. The molecular weight excluding hydrogens is 212 g/mol. The summed E-state index contributed by atoms with van der Waals surface area (Å²) in [5, 5.41) is 0. The molecule has 2 rings (SSSR count). The first kappa shape index (κ1) is 11.3. The number of thioether (sulfide) groups is 1. The number of aryl methyl sites for hydroxylation is 1. The van der Waals surface area contributed by atoms with Crippen molar-refractivity contribution in [2.75, 3.05) is 0 Å². The van der Waals surface area contributed by atoms with Gasteiger partial charge in [0.15, 0.2) is 0 Å². The molecule has 0 aromatic heterocycles. The minimum atomic E-state index is 1.02. The Morgan fingerprint density at radius 3 is 2.62 bits per heavy atom. The Hall–Kier alpha value is -1.21. The van der Waals surface area contributed by atoms with Gasteiger partial charge in [0, 0.05) is 10.6 Å². The summed E-state index contributed by atoms with van der Waals surface area (Å²) in [6.07, 6.45) is 1.08. The van der Waals surface area contributed by atoms with E-state index in [0.717, 1.165) is 12.2 Å². The first-order valence-electron chi connectivity index (χ1n) is 5.56. The summed E-state index contributed by atoms with van der Waals surface area (Å²) in [7, 11) is 0. The number of benzene rings is 2. The summed E-state index contributed by atoms with van der Waals surface area (Å²) in [4.78, 5) is 1.29. The van der Waals surface area contributed by atoms with Gasteiger partial charge in [-0.2, -0.15) is 0 Å². The van der Waals surface area contributed by atoms with Crippen LogP contribution in [0, 0.1) is 6.07 Å². The third-order valence-electron chi connectivity index (χ3n) is 2.51. The zero-order chi connectivity index (χ0) is 11.2. The molecule has 0 atom stereocenters. The number of hydrogen-bond donors (Lipinski definition) is 0. The van der Waals surface area contributed by atoms with Crippen molar-refractivity contribution in [3.8, 4) is 0 Å². The third kappa shape index (κ3) is 2.89. The predicted molar refractivity (Wildman–Crippen MR) is 70.7 cm³/mol. The normalized spacial score (nSPS) is 10.3. The molecule has 81 valence electrons. The SMILES string of the molecule is CCc1ccc[c]c1SCc1ccccc1. The Kier molecular flexibility index (Phi) is 4.06. The Bertz CT molecular complexity index is 434. The van der Waals surface area contributed by atoms with Gasteiger partial charge in [-0.1, -0.05) is 55.5 Å². The molecule has 0 aliphatic carbocycles. The fraction of sp³-hybridized carbons (Fsp3) is 0.200. The average molecular weight is 227 g/mol. The standard InChI is InChI=1S/C15H15S/c1-2-14-10-6-7-11-15(14)16-12-13-8-4-3-5-9-13/h3-10H,2,12H2,1H3.